The van der Waals surface area contributed by atoms with E-state index >= 15 is 0 Å². The fourth-order valence-electron chi connectivity index (χ4n) is 0.846. The van der Waals surface area contributed by atoms with E-state index in [1.165, 1.54) is 18.4 Å². The van der Waals surface area contributed by atoms with Crippen molar-refractivity contribution < 1.29 is 5.03 Å². The average molecular weight is 250 g/mol. The number of aromatic nitrogens is 1. The Morgan fingerprint density at radius 2 is 2.60 bits per heavy atom. The van der Waals surface area contributed by atoms with Gasteiger partial charge in [-0.1, -0.05) is 16.6 Å². The number of guanidine groups is 1. The molecule has 0 aromatic carbocycles. The van der Waals surface area contributed by atoms with Gasteiger partial charge in [0, 0.05) is 12.4 Å². The van der Waals surface area contributed by atoms with Crippen molar-refractivity contribution in [2.75, 3.05) is 7.05 Å². The van der Waals surface area contributed by atoms with Crippen LogP contribution in [0.4, 0.5) is 0 Å². The van der Waals surface area contributed by atoms with Gasteiger partial charge in [-0.15, -0.1) is 11.3 Å². The number of hydrogen-bond acceptors (Lipinski definition) is 5. The lowest BCUT2D eigenvalue weighted by Crippen LogP contribution is -2.41. The number of rotatable bonds is 3. The van der Waals surface area contributed by atoms with Crippen molar-refractivity contribution in [3.8, 4) is 0 Å². The van der Waals surface area contributed by atoms with Gasteiger partial charge in [-0.3, -0.25) is 4.99 Å². The summed E-state index contributed by atoms with van der Waals surface area (Å²) in [6.45, 7) is -0.0562. The predicted molar refractivity (Wildman–Crippen MR) is 57.2 cm³/mol. The molecule has 0 aliphatic heterocycles. The van der Waals surface area contributed by atoms with Crippen LogP contribution in [-0.4, -0.2) is 28.0 Å². The van der Waals surface area contributed by atoms with Gasteiger partial charge in [0.1, 0.15) is 6.54 Å². The van der Waals surface area contributed by atoms with Crippen LogP contribution in [0.5, 0.6) is 0 Å². The molecule has 7 nitrogen and oxygen atoms in total. The zero-order valence-electron chi connectivity index (χ0n) is 7.75. The van der Waals surface area contributed by atoms with Gasteiger partial charge >= 0.3 is 0 Å². The number of aliphatic imine (C=N–C) groups is 1. The van der Waals surface area contributed by atoms with Crippen LogP contribution in [0, 0.1) is 10.1 Å². The molecule has 0 aliphatic carbocycles. The summed E-state index contributed by atoms with van der Waals surface area (Å²) in [6, 6.07) is 0. The second kappa shape index (κ2) is 4.89. The molecule has 0 saturated heterocycles. The molecular formula is C6H8ClN5O2S. The van der Waals surface area contributed by atoms with Crippen LogP contribution < -0.4 is 5.73 Å². The van der Waals surface area contributed by atoms with Crippen LogP contribution in [0.15, 0.2) is 10.4 Å². The Labute approximate surface area is 94.3 Å². The molecule has 1 rings (SSSR count). The molecule has 0 amide bonds. The fourth-order valence-corrected chi connectivity index (χ4v) is 1.62. The molecule has 1 heterocycles. The van der Waals surface area contributed by atoms with Crippen LogP contribution in [-0.2, 0) is 6.54 Å². The molecule has 0 bridgehead atoms. The Morgan fingerprint density at radius 1 is 1.93 bits per heavy atom. The number of nitrogens with two attached hydrogens (primary N) is 1. The quantitative estimate of drug-likeness (QED) is 0.369. The minimum Gasteiger partial charge on any atom is -0.365 e. The predicted octanol–water partition coefficient (Wildman–Crippen LogP) is 0.735. The first-order chi connectivity index (χ1) is 7.04. The Balaban J connectivity index is 2.80. The normalized spacial score (nSPS) is 11.5. The first kappa shape index (κ1) is 11.7. The lowest BCUT2D eigenvalue weighted by Gasteiger charge is -2.10. The summed E-state index contributed by atoms with van der Waals surface area (Å²) in [5, 5.41) is 12.3. The van der Waals surface area contributed by atoms with Gasteiger partial charge in [0.05, 0.1) is 5.69 Å². The summed E-state index contributed by atoms with van der Waals surface area (Å²) < 4.78 is 0.334. The molecule has 0 unspecified atom stereocenters. The van der Waals surface area contributed by atoms with Crippen molar-refractivity contribution in [3.63, 3.8) is 0 Å². The third-order valence-corrected chi connectivity index (χ3v) is 2.55. The molecule has 0 atom stereocenters. The van der Waals surface area contributed by atoms with Gasteiger partial charge in [0.25, 0.3) is 5.96 Å². The lowest BCUT2D eigenvalue weighted by atomic mass is 10.5. The third kappa shape index (κ3) is 3.03. The zero-order chi connectivity index (χ0) is 11.4. The summed E-state index contributed by atoms with van der Waals surface area (Å²) >= 11 is 6.80. The summed E-state index contributed by atoms with van der Waals surface area (Å²) in [6.07, 6.45) is 0. The molecule has 0 aliphatic rings. The van der Waals surface area contributed by atoms with Crippen molar-refractivity contribution in [1.82, 2.24) is 9.99 Å². The molecule has 1 aromatic rings. The molecular weight excluding hydrogens is 242 g/mol. The fraction of sp³-hybridized carbons (Fsp3) is 0.333. The summed E-state index contributed by atoms with van der Waals surface area (Å²) in [7, 11) is 1.37. The number of thiazole rings is 1. The number of hydrogen-bond donors (Lipinski definition) is 1. The van der Waals surface area contributed by atoms with Crippen LogP contribution in [0.25, 0.3) is 0 Å². The van der Waals surface area contributed by atoms with Crippen molar-refractivity contribution in [3.05, 3.63) is 25.7 Å². The Bertz CT molecular complexity index is 393. The maximum absolute atomic E-state index is 10.6. The number of nitrogens with zero attached hydrogens (tertiary/aromatic N) is 4. The topological polar surface area (TPSA) is 97.7 Å². The lowest BCUT2D eigenvalue weighted by molar-refractivity contribution is -0.633. The first-order valence-electron chi connectivity index (χ1n) is 3.78. The Kier molecular flexibility index (Phi) is 3.81. The maximum Gasteiger partial charge on any atom is 0.255 e. The number of hydrazine groups is 1. The van der Waals surface area contributed by atoms with E-state index in [-0.39, 0.29) is 12.5 Å². The highest BCUT2D eigenvalue weighted by molar-refractivity contribution is 7.13. The molecule has 15 heavy (non-hydrogen) atoms. The minimum absolute atomic E-state index is 0.0562. The Morgan fingerprint density at radius 3 is 3.00 bits per heavy atom. The van der Waals surface area contributed by atoms with Gasteiger partial charge in [0.2, 0.25) is 0 Å². The van der Waals surface area contributed by atoms with Crippen molar-refractivity contribution in [2.24, 2.45) is 10.7 Å². The second-order valence-corrected chi connectivity index (χ2v) is 3.91. The highest BCUT2D eigenvalue weighted by Crippen LogP contribution is 2.16. The van der Waals surface area contributed by atoms with Crippen LogP contribution in [0.3, 0.4) is 0 Å². The van der Waals surface area contributed by atoms with Gasteiger partial charge in [0.15, 0.2) is 9.50 Å². The van der Waals surface area contributed by atoms with Crippen LogP contribution >= 0.6 is 22.9 Å². The summed E-state index contributed by atoms with van der Waals surface area (Å²) in [5.41, 5.74) is 5.83. The largest absolute Gasteiger partial charge is 0.365 e. The van der Waals surface area contributed by atoms with Gasteiger partial charge < -0.3 is 5.73 Å². The molecule has 0 saturated carbocycles. The standard InChI is InChI=1S/C6H8ClN5O2S/c1-9-6(8)11(12(13)14)2-4-3-15-5(7)10-4/h3H,2H2,1H3,(H2,8,9). The van der Waals surface area contributed by atoms with Crippen LogP contribution in [0.2, 0.25) is 4.47 Å². The van der Waals surface area contributed by atoms with E-state index in [2.05, 4.69) is 9.98 Å². The van der Waals surface area contributed by atoms with E-state index in [1.807, 2.05) is 0 Å². The van der Waals surface area contributed by atoms with Gasteiger partial charge in [-0.05, 0) is 0 Å². The van der Waals surface area contributed by atoms with Crippen molar-refractivity contribution in [1.29, 1.82) is 0 Å². The summed E-state index contributed by atoms with van der Waals surface area (Å²) in [5.74, 6) is -0.177. The number of halogens is 1. The molecule has 0 fully saturated rings. The monoisotopic (exact) mass is 249 g/mol. The van der Waals surface area contributed by atoms with E-state index in [4.69, 9.17) is 17.3 Å². The van der Waals surface area contributed by atoms with Gasteiger partial charge in [-0.2, -0.15) is 0 Å². The Hall–Kier alpha value is -1.41. The molecule has 2 N–H and O–H groups in total. The summed E-state index contributed by atoms with van der Waals surface area (Å²) in [4.78, 5) is 18.0. The highest BCUT2D eigenvalue weighted by atomic mass is 35.5. The van der Waals surface area contributed by atoms with E-state index in [1.54, 1.807) is 5.38 Å². The first-order valence-corrected chi connectivity index (χ1v) is 5.04. The maximum atomic E-state index is 10.6. The van der Waals surface area contributed by atoms with E-state index in [0.29, 0.717) is 15.2 Å². The van der Waals surface area contributed by atoms with Gasteiger partial charge in [-0.25, -0.2) is 15.1 Å². The van der Waals surface area contributed by atoms with Crippen LogP contribution in [0.1, 0.15) is 5.69 Å². The number of nitro groups is 1. The third-order valence-electron chi connectivity index (χ3n) is 1.53. The zero-order valence-corrected chi connectivity index (χ0v) is 9.33. The molecule has 9 heteroatoms. The van der Waals surface area contributed by atoms with Crippen molar-refractivity contribution in [2.45, 2.75) is 6.54 Å². The SMILES string of the molecule is CN=C(N)N(Cc1csc(Cl)n1)[N+](=O)[O-]. The van der Waals surface area contributed by atoms with Crippen molar-refractivity contribution >= 4 is 28.9 Å². The minimum atomic E-state index is -0.643. The molecule has 0 radical (unpaired) electrons. The highest BCUT2D eigenvalue weighted by Gasteiger charge is 2.20. The van der Waals surface area contributed by atoms with E-state index in [0.717, 1.165) is 0 Å². The second-order valence-electron chi connectivity index (χ2n) is 2.47. The van der Waals surface area contributed by atoms with E-state index < -0.39 is 5.03 Å². The molecule has 0 spiro atoms. The molecule has 82 valence electrons. The van der Waals surface area contributed by atoms with E-state index in [9.17, 15) is 10.1 Å². The molecule has 1 aromatic heterocycles. The average Bonchev–Trinajstić information content (AvgIpc) is 2.59. The smallest absolute Gasteiger partial charge is 0.255 e.